The molecule has 0 saturated carbocycles. The molecular weight excluding hydrogens is 198 g/mol. The smallest absolute Gasteiger partial charge is 0.0549 e. The molecular formula is C13H23N3. The fourth-order valence-corrected chi connectivity index (χ4v) is 1.73. The number of rotatable bonds is 6. The van der Waals surface area contributed by atoms with Crippen LogP contribution in [0.15, 0.2) is 18.5 Å². The van der Waals surface area contributed by atoms with Crippen molar-refractivity contribution in [2.24, 2.45) is 5.92 Å². The molecule has 1 rings (SSSR count). The van der Waals surface area contributed by atoms with Gasteiger partial charge in [0.2, 0.25) is 0 Å². The number of anilines is 2. The number of nitrogens with zero attached hydrogens (tertiary/aromatic N) is 1. The fraction of sp³-hybridized carbons (Fsp3) is 0.615. The Morgan fingerprint density at radius 1 is 1.25 bits per heavy atom. The van der Waals surface area contributed by atoms with Gasteiger partial charge >= 0.3 is 0 Å². The van der Waals surface area contributed by atoms with Crippen LogP contribution in [0, 0.1) is 5.92 Å². The summed E-state index contributed by atoms with van der Waals surface area (Å²) >= 11 is 0. The SMILES string of the molecule is CC(C)CCCC(C)Nc1cncc(N)c1. The molecule has 3 heteroatoms. The minimum Gasteiger partial charge on any atom is -0.397 e. The molecule has 0 amide bonds. The van der Waals surface area contributed by atoms with Gasteiger partial charge in [0.25, 0.3) is 0 Å². The minimum absolute atomic E-state index is 0.474. The van der Waals surface area contributed by atoms with Crippen LogP contribution in [0.3, 0.4) is 0 Å². The third-order valence-electron chi connectivity index (χ3n) is 2.59. The van der Waals surface area contributed by atoms with Crippen molar-refractivity contribution < 1.29 is 0 Å². The van der Waals surface area contributed by atoms with Gasteiger partial charge < -0.3 is 11.1 Å². The van der Waals surface area contributed by atoms with E-state index in [4.69, 9.17) is 5.73 Å². The van der Waals surface area contributed by atoms with Crippen molar-refractivity contribution in [3.05, 3.63) is 18.5 Å². The van der Waals surface area contributed by atoms with Crippen molar-refractivity contribution in [2.45, 2.75) is 46.1 Å². The Hall–Kier alpha value is -1.25. The van der Waals surface area contributed by atoms with Crippen molar-refractivity contribution in [3.63, 3.8) is 0 Å². The van der Waals surface area contributed by atoms with E-state index in [0.717, 1.165) is 11.6 Å². The lowest BCUT2D eigenvalue weighted by atomic mass is 10.0. The highest BCUT2D eigenvalue weighted by Crippen LogP contribution is 2.14. The molecule has 3 nitrogen and oxygen atoms in total. The summed E-state index contributed by atoms with van der Waals surface area (Å²) in [5.74, 6) is 0.793. The number of nitrogens with two attached hydrogens (primary N) is 1. The highest BCUT2D eigenvalue weighted by atomic mass is 14.9. The van der Waals surface area contributed by atoms with Crippen molar-refractivity contribution in [1.29, 1.82) is 0 Å². The molecule has 0 aliphatic heterocycles. The molecule has 1 aromatic heterocycles. The van der Waals surface area contributed by atoms with Gasteiger partial charge in [-0.15, -0.1) is 0 Å². The fourth-order valence-electron chi connectivity index (χ4n) is 1.73. The number of nitrogen functional groups attached to an aromatic ring is 1. The van der Waals surface area contributed by atoms with Gasteiger partial charge in [-0.25, -0.2) is 0 Å². The Kier molecular flexibility index (Phi) is 5.09. The zero-order valence-corrected chi connectivity index (χ0v) is 10.5. The van der Waals surface area contributed by atoms with Crippen molar-refractivity contribution >= 4 is 11.4 Å². The summed E-state index contributed by atoms with van der Waals surface area (Å²) in [7, 11) is 0. The van der Waals surface area contributed by atoms with Gasteiger partial charge in [-0.05, 0) is 25.3 Å². The van der Waals surface area contributed by atoms with Crippen LogP contribution >= 0.6 is 0 Å². The molecule has 0 aromatic carbocycles. The Balaban J connectivity index is 2.31. The average molecular weight is 221 g/mol. The number of nitrogens with one attached hydrogen (secondary N) is 1. The van der Waals surface area contributed by atoms with Gasteiger partial charge in [0.05, 0.1) is 17.6 Å². The van der Waals surface area contributed by atoms with Gasteiger partial charge in [-0.2, -0.15) is 0 Å². The van der Waals surface area contributed by atoms with Crippen molar-refractivity contribution in [2.75, 3.05) is 11.1 Å². The highest BCUT2D eigenvalue weighted by Gasteiger charge is 2.03. The minimum atomic E-state index is 0.474. The Labute approximate surface area is 98.5 Å². The van der Waals surface area contributed by atoms with E-state index in [1.54, 1.807) is 6.20 Å². The zero-order valence-electron chi connectivity index (χ0n) is 10.5. The molecule has 0 aliphatic carbocycles. The van der Waals surface area contributed by atoms with E-state index in [1.807, 2.05) is 12.3 Å². The normalized spacial score (nSPS) is 12.8. The van der Waals surface area contributed by atoms with Gasteiger partial charge in [0, 0.05) is 12.2 Å². The standard InChI is InChI=1S/C13H23N3/c1-10(2)5-4-6-11(3)16-13-7-12(14)8-15-9-13/h7-11,16H,4-6,14H2,1-3H3. The maximum atomic E-state index is 5.67. The van der Waals surface area contributed by atoms with Crippen LogP contribution in [-0.4, -0.2) is 11.0 Å². The molecule has 1 atom stereocenters. The van der Waals surface area contributed by atoms with E-state index in [0.29, 0.717) is 11.7 Å². The quantitative estimate of drug-likeness (QED) is 0.775. The number of pyridine rings is 1. The molecule has 0 fully saturated rings. The summed E-state index contributed by atoms with van der Waals surface area (Å²) in [6, 6.07) is 2.40. The molecule has 0 radical (unpaired) electrons. The molecule has 90 valence electrons. The molecule has 1 aromatic rings. The Morgan fingerprint density at radius 2 is 2.00 bits per heavy atom. The van der Waals surface area contributed by atoms with E-state index < -0.39 is 0 Å². The van der Waals surface area contributed by atoms with Crippen LogP contribution in [0.4, 0.5) is 11.4 Å². The van der Waals surface area contributed by atoms with Crippen LogP contribution in [0.1, 0.15) is 40.0 Å². The van der Waals surface area contributed by atoms with Crippen LogP contribution in [0.2, 0.25) is 0 Å². The van der Waals surface area contributed by atoms with E-state index >= 15 is 0 Å². The third kappa shape index (κ3) is 5.01. The van der Waals surface area contributed by atoms with E-state index in [9.17, 15) is 0 Å². The zero-order chi connectivity index (χ0) is 12.0. The molecule has 3 N–H and O–H groups in total. The van der Waals surface area contributed by atoms with E-state index in [2.05, 4.69) is 31.1 Å². The lowest BCUT2D eigenvalue weighted by Crippen LogP contribution is -2.15. The van der Waals surface area contributed by atoms with Crippen LogP contribution in [0.25, 0.3) is 0 Å². The maximum absolute atomic E-state index is 5.67. The molecule has 0 saturated heterocycles. The summed E-state index contributed by atoms with van der Waals surface area (Å²) in [5.41, 5.74) is 7.39. The lowest BCUT2D eigenvalue weighted by molar-refractivity contribution is 0.520. The molecule has 0 aliphatic rings. The topological polar surface area (TPSA) is 50.9 Å². The summed E-state index contributed by atoms with van der Waals surface area (Å²) < 4.78 is 0. The summed E-state index contributed by atoms with van der Waals surface area (Å²) in [6.45, 7) is 6.73. The molecule has 0 bridgehead atoms. The lowest BCUT2D eigenvalue weighted by Gasteiger charge is -2.15. The number of hydrogen-bond acceptors (Lipinski definition) is 3. The van der Waals surface area contributed by atoms with Crippen LogP contribution in [0.5, 0.6) is 0 Å². The predicted octanol–water partition coefficient (Wildman–Crippen LogP) is 3.29. The van der Waals surface area contributed by atoms with Gasteiger partial charge in [-0.1, -0.05) is 26.7 Å². The first-order valence-electron chi connectivity index (χ1n) is 6.05. The average Bonchev–Trinajstić information content (AvgIpc) is 2.16. The van der Waals surface area contributed by atoms with E-state index in [1.165, 1.54) is 19.3 Å². The summed E-state index contributed by atoms with van der Waals surface area (Å²) in [4.78, 5) is 4.06. The van der Waals surface area contributed by atoms with Gasteiger partial charge in [0.1, 0.15) is 0 Å². The summed E-state index contributed by atoms with van der Waals surface area (Å²) in [6.07, 6.45) is 7.22. The van der Waals surface area contributed by atoms with E-state index in [-0.39, 0.29) is 0 Å². The first-order chi connectivity index (χ1) is 7.58. The number of aromatic nitrogens is 1. The Bertz CT molecular complexity index is 310. The second-order valence-electron chi connectivity index (χ2n) is 4.88. The first kappa shape index (κ1) is 12.8. The largest absolute Gasteiger partial charge is 0.397 e. The molecule has 1 unspecified atom stereocenters. The highest BCUT2D eigenvalue weighted by molar-refractivity contribution is 5.51. The monoisotopic (exact) mass is 221 g/mol. The second-order valence-corrected chi connectivity index (χ2v) is 4.88. The van der Waals surface area contributed by atoms with Crippen molar-refractivity contribution in [3.8, 4) is 0 Å². The molecule has 0 spiro atoms. The first-order valence-corrected chi connectivity index (χ1v) is 6.05. The molecule has 1 heterocycles. The second kappa shape index (κ2) is 6.36. The van der Waals surface area contributed by atoms with Crippen LogP contribution in [-0.2, 0) is 0 Å². The summed E-state index contributed by atoms with van der Waals surface area (Å²) in [5, 5.41) is 3.41. The van der Waals surface area contributed by atoms with Crippen LogP contribution < -0.4 is 11.1 Å². The Morgan fingerprint density at radius 3 is 2.62 bits per heavy atom. The van der Waals surface area contributed by atoms with Gasteiger partial charge in [-0.3, -0.25) is 4.98 Å². The van der Waals surface area contributed by atoms with Gasteiger partial charge in [0.15, 0.2) is 0 Å². The molecule has 16 heavy (non-hydrogen) atoms. The number of hydrogen-bond donors (Lipinski definition) is 2. The third-order valence-corrected chi connectivity index (χ3v) is 2.59. The van der Waals surface area contributed by atoms with Crippen molar-refractivity contribution in [1.82, 2.24) is 4.98 Å². The maximum Gasteiger partial charge on any atom is 0.0549 e. The predicted molar refractivity (Wildman–Crippen MR) is 70.4 cm³/mol.